The van der Waals surface area contributed by atoms with Crippen LogP contribution in [-0.4, -0.2) is 17.8 Å². The van der Waals surface area contributed by atoms with Gasteiger partial charge in [-0.1, -0.05) is 13.0 Å². The smallest absolute Gasteiger partial charge is 0.123 e. The van der Waals surface area contributed by atoms with Gasteiger partial charge in [0.15, 0.2) is 0 Å². The number of rotatable bonds is 3. The van der Waals surface area contributed by atoms with Crippen molar-refractivity contribution in [2.75, 3.05) is 7.11 Å². The van der Waals surface area contributed by atoms with Crippen LogP contribution in [0.5, 0.6) is 0 Å². The van der Waals surface area contributed by atoms with Crippen molar-refractivity contribution >= 4 is 0 Å². The van der Waals surface area contributed by atoms with Crippen LogP contribution in [0.25, 0.3) is 0 Å². The standard InChI is InChI=1S/C16H23FO2/c1-11-6-8-16(19-3,9-7-11)15(18)14-10-13(17)5-4-12(14)2/h4-5,10-11,15,18H,6-9H2,1-3H3. The van der Waals surface area contributed by atoms with Gasteiger partial charge in [0.2, 0.25) is 0 Å². The molecular weight excluding hydrogens is 243 g/mol. The Morgan fingerprint density at radius 3 is 2.58 bits per heavy atom. The first-order chi connectivity index (χ1) is 8.98. The highest BCUT2D eigenvalue weighted by Gasteiger charge is 2.42. The molecule has 19 heavy (non-hydrogen) atoms. The van der Waals surface area contributed by atoms with E-state index >= 15 is 0 Å². The van der Waals surface area contributed by atoms with Gasteiger partial charge < -0.3 is 9.84 Å². The van der Waals surface area contributed by atoms with Crippen LogP contribution in [0, 0.1) is 18.7 Å². The molecular formula is C16H23FO2. The van der Waals surface area contributed by atoms with Crippen molar-refractivity contribution in [3.8, 4) is 0 Å². The predicted molar refractivity (Wildman–Crippen MR) is 73.5 cm³/mol. The maximum atomic E-state index is 13.4. The Bertz CT molecular complexity index is 436. The largest absolute Gasteiger partial charge is 0.385 e. The van der Waals surface area contributed by atoms with Crippen LogP contribution in [0.3, 0.4) is 0 Å². The molecule has 1 aromatic carbocycles. The SMILES string of the molecule is COC1(C(O)c2cc(F)ccc2C)CCC(C)CC1. The summed E-state index contributed by atoms with van der Waals surface area (Å²) in [5.74, 6) is 0.360. The fourth-order valence-electron chi connectivity index (χ4n) is 3.03. The summed E-state index contributed by atoms with van der Waals surface area (Å²) in [6, 6.07) is 4.56. The van der Waals surface area contributed by atoms with Gasteiger partial charge >= 0.3 is 0 Å². The molecule has 0 bridgehead atoms. The lowest BCUT2D eigenvalue weighted by Crippen LogP contribution is -2.42. The number of hydrogen-bond donors (Lipinski definition) is 1. The van der Waals surface area contributed by atoms with E-state index in [0.717, 1.165) is 31.2 Å². The second-order valence-electron chi connectivity index (χ2n) is 5.85. The Labute approximate surface area is 114 Å². The molecule has 1 aliphatic rings. The first-order valence-electron chi connectivity index (χ1n) is 6.98. The Morgan fingerprint density at radius 1 is 1.37 bits per heavy atom. The lowest BCUT2D eigenvalue weighted by Gasteiger charge is -2.42. The molecule has 2 rings (SSSR count). The zero-order chi connectivity index (χ0) is 14.0. The Hall–Kier alpha value is -0.930. The highest BCUT2D eigenvalue weighted by Crippen LogP contribution is 2.43. The predicted octanol–water partition coefficient (Wildman–Crippen LogP) is 3.76. The van der Waals surface area contributed by atoms with E-state index in [2.05, 4.69) is 6.92 Å². The molecule has 0 radical (unpaired) electrons. The van der Waals surface area contributed by atoms with E-state index in [-0.39, 0.29) is 5.82 Å². The minimum Gasteiger partial charge on any atom is -0.385 e. The van der Waals surface area contributed by atoms with Gasteiger partial charge in [-0.3, -0.25) is 0 Å². The van der Waals surface area contributed by atoms with Crippen molar-refractivity contribution in [3.63, 3.8) is 0 Å². The molecule has 0 aromatic heterocycles. The summed E-state index contributed by atoms with van der Waals surface area (Å²) >= 11 is 0. The van der Waals surface area contributed by atoms with Crippen LogP contribution < -0.4 is 0 Å². The molecule has 1 aliphatic carbocycles. The molecule has 0 amide bonds. The van der Waals surface area contributed by atoms with E-state index in [1.165, 1.54) is 12.1 Å². The number of ether oxygens (including phenoxy) is 1. The molecule has 0 heterocycles. The molecule has 1 unspecified atom stereocenters. The number of aliphatic hydroxyl groups excluding tert-OH is 1. The molecule has 1 N–H and O–H groups in total. The molecule has 1 saturated carbocycles. The van der Waals surface area contributed by atoms with Crippen molar-refractivity contribution in [2.45, 2.75) is 51.2 Å². The number of aliphatic hydroxyl groups is 1. The number of methoxy groups -OCH3 is 1. The van der Waals surface area contributed by atoms with Gasteiger partial charge in [0.25, 0.3) is 0 Å². The van der Waals surface area contributed by atoms with Gasteiger partial charge in [0.05, 0.1) is 5.60 Å². The summed E-state index contributed by atoms with van der Waals surface area (Å²) in [6.45, 7) is 4.12. The average molecular weight is 266 g/mol. The second-order valence-corrected chi connectivity index (χ2v) is 5.85. The quantitative estimate of drug-likeness (QED) is 0.902. The third kappa shape index (κ3) is 2.82. The van der Waals surface area contributed by atoms with E-state index < -0.39 is 11.7 Å². The van der Waals surface area contributed by atoms with Gasteiger partial charge in [-0.05, 0) is 61.8 Å². The van der Waals surface area contributed by atoms with Gasteiger partial charge in [-0.2, -0.15) is 0 Å². The summed E-state index contributed by atoms with van der Waals surface area (Å²) < 4.78 is 19.1. The third-order valence-electron chi connectivity index (χ3n) is 4.56. The lowest BCUT2D eigenvalue weighted by molar-refractivity contribution is -0.130. The third-order valence-corrected chi connectivity index (χ3v) is 4.56. The van der Waals surface area contributed by atoms with Crippen LogP contribution in [0.2, 0.25) is 0 Å². The van der Waals surface area contributed by atoms with E-state index in [1.54, 1.807) is 13.2 Å². The Balaban J connectivity index is 2.30. The normalized spacial score (nSPS) is 29.2. The molecule has 1 aromatic rings. The molecule has 0 saturated heterocycles. The molecule has 0 spiro atoms. The van der Waals surface area contributed by atoms with Crippen LogP contribution in [0.1, 0.15) is 49.8 Å². The van der Waals surface area contributed by atoms with Gasteiger partial charge in [-0.25, -0.2) is 4.39 Å². The Morgan fingerprint density at radius 2 is 2.00 bits per heavy atom. The van der Waals surface area contributed by atoms with Crippen molar-refractivity contribution in [1.82, 2.24) is 0 Å². The number of halogens is 1. The molecule has 1 atom stereocenters. The number of benzene rings is 1. The second kappa shape index (κ2) is 5.59. The van der Waals surface area contributed by atoms with E-state index in [1.807, 2.05) is 6.92 Å². The van der Waals surface area contributed by atoms with Gasteiger partial charge in [0, 0.05) is 7.11 Å². The van der Waals surface area contributed by atoms with Crippen LogP contribution in [0.15, 0.2) is 18.2 Å². The molecule has 106 valence electrons. The van der Waals surface area contributed by atoms with E-state index in [0.29, 0.717) is 11.5 Å². The van der Waals surface area contributed by atoms with Crippen LogP contribution in [0.4, 0.5) is 4.39 Å². The zero-order valence-corrected chi connectivity index (χ0v) is 11.9. The summed E-state index contributed by atoms with van der Waals surface area (Å²) in [5.41, 5.74) is 0.991. The van der Waals surface area contributed by atoms with E-state index in [9.17, 15) is 9.50 Å². The summed E-state index contributed by atoms with van der Waals surface area (Å²) in [7, 11) is 1.65. The minimum atomic E-state index is -0.763. The summed E-state index contributed by atoms with van der Waals surface area (Å²) in [6.07, 6.45) is 2.96. The number of hydrogen-bond acceptors (Lipinski definition) is 2. The molecule has 3 heteroatoms. The van der Waals surface area contributed by atoms with Gasteiger partial charge in [0.1, 0.15) is 11.9 Å². The monoisotopic (exact) mass is 266 g/mol. The summed E-state index contributed by atoms with van der Waals surface area (Å²) in [5, 5.41) is 10.7. The van der Waals surface area contributed by atoms with Crippen molar-refractivity contribution in [2.24, 2.45) is 5.92 Å². The van der Waals surface area contributed by atoms with Crippen molar-refractivity contribution in [3.05, 3.63) is 35.1 Å². The minimum absolute atomic E-state index is 0.310. The molecule has 0 aliphatic heterocycles. The lowest BCUT2D eigenvalue weighted by atomic mass is 9.74. The number of aryl methyl sites for hydroxylation is 1. The van der Waals surface area contributed by atoms with Crippen molar-refractivity contribution in [1.29, 1.82) is 0 Å². The maximum Gasteiger partial charge on any atom is 0.123 e. The zero-order valence-electron chi connectivity index (χ0n) is 11.9. The van der Waals surface area contributed by atoms with Gasteiger partial charge in [-0.15, -0.1) is 0 Å². The van der Waals surface area contributed by atoms with Crippen LogP contribution >= 0.6 is 0 Å². The summed E-state index contributed by atoms with van der Waals surface area (Å²) in [4.78, 5) is 0. The fourth-order valence-corrected chi connectivity index (χ4v) is 3.03. The van der Waals surface area contributed by atoms with Crippen molar-refractivity contribution < 1.29 is 14.2 Å². The topological polar surface area (TPSA) is 29.5 Å². The maximum absolute atomic E-state index is 13.4. The molecule has 2 nitrogen and oxygen atoms in total. The fraction of sp³-hybridized carbons (Fsp3) is 0.625. The van der Waals surface area contributed by atoms with Crippen LogP contribution in [-0.2, 0) is 4.74 Å². The first-order valence-corrected chi connectivity index (χ1v) is 6.98. The highest BCUT2D eigenvalue weighted by molar-refractivity contribution is 5.30. The Kier molecular flexibility index (Phi) is 4.26. The van der Waals surface area contributed by atoms with E-state index in [4.69, 9.17) is 4.74 Å². The average Bonchev–Trinajstić information content (AvgIpc) is 2.42. The molecule has 1 fully saturated rings. The highest BCUT2D eigenvalue weighted by atomic mass is 19.1. The first kappa shape index (κ1) is 14.5.